The Kier molecular flexibility index (Phi) is 11.7. The number of quaternary nitrogens is 2. The molecule has 0 spiro atoms. The predicted octanol–water partition coefficient (Wildman–Crippen LogP) is -6.13. The molecular weight excluding hydrogens is 231 g/mol. The maximum Gasteiger partial charge on any atom is 0.0886 e. The first-order valence-corrected chi connectivity index (χ1v) is 4.99. The summed E-state index contributed by atoms with van der Waals surface area (Å²) in [7, 11) is 0. The Hall–Kier alpha value is -0.280. The Morgan fingerprint density at radius 2 is 1.67 bits per heavy atom. The quantitative estimate of drug-likeness (QED) is 0.523. The van der Waals surface area contributed by atoms with Gasteiger partial charge >= 0.3 is 0 Å². The molecule has 0 radical (unpaired) electrons. The van der Waals surface area contributed by atoms with Crippen LogP contribution in [0.1, 0.15) is 18.4 Å². The molecule has 0 aliphatic rings. The summed E-state index contributed by atoms with van der Waals surface area (Å²) in [6, 6.07) is 11.1. The van der Waals surface area contributed by atoms with E-state index < -0.39 is 0 Å². The van der Waals surface area contributed by atoms with Gasteiger partial charge in [-0.05, 0) is 5.56 Å². The molecule has 15 heavy (non-hydrogen) atoms. The van der Waals surface area contributed by atoms with Crippen molar-refractivity contribution in [1.29, 1.82) is 0 Å². The minimum atomic E-state index is 0. The van der Waals surface area contributed by atoms with Crippen molar-refractivity contribution >= 4 is 0 Å². The highest BCUT2D eigenvalue weighted by atomic mass is 35.5. The van der Waals surface area contributed by atoms with E-state index in [9.17, 15) is 0 Å². The molecule has 0 aromatic heterocycles. The zero-order valence-corrected chi connectivity index (χ0v) is 10.5. The highest BCUT2D eigenvalue weighted by Gasteiger charge is 2.06. The van der Waals surface area contributed by atoms with Crippen molar-refractivity contribution in [2.45, 2.75) is 25.3 Å². The number of hydrogen-bond donors (Lipinski definition) is 2. The maximum atomic E-state index is 4.14. The molecule has 4 heteroatoms. The van der Waals surface area contributed by atoms with Crippen molar-refractivity contribution in [3.05, 3.63) is 35.9 Å². The average Bonchev–Trinajstić information content (AvgIpc) is 2.16. The Bertz CT molecular complexity index is 229. The van der Waals surface area contributed by atoms with E-state index in [1.165, 1.54) is 18.4 Å². The van der Waals surface area contributed by atoms with Crippen molar-refractivity contribution in [2.24, 2.45) is 0 Å². The molecule has 0 saturated carbocycles. The number of halogens is 2. The zero-order valence-electron chi connectivity index (χ0n) is 8.96. The zero-order chi connectivity index (χ0) is 9.52. The van der Waals surface area contributed by atoms with Crippen LogP contribution in [0.5, 0.6) is 0 Å². The van der Waals surface area contributed by atoms with Crippen LogP contribution in [0.25, 0.3) is 0 Å². The Labute approximate surface area is 104 Å². The van der Waals surface area contributed by atoms with Gasteiger partial charge in [0.2, 0.25) is 0 Å². The Balaban J connectivity index is 0. The molecule has 0 saturated heterocycles. The summed E-state index contributed by atoms with van der Waals surface area (Å²) in [4.78, 5) is 0. The lowest BCUT2D eigenvalue weighted by atomic mass is 10.0. The maximum absolute atomic E-state index is 4.14. The number of benzene rings is 1. The monoisotopic (exact) mass is 250 g/mol. The largest absolute Gasteiger partial charge is 1.00 e. The fourth-order valence-corrected chi connectivity index (χ4v) is 1.48. The fourth-order valence-electron chi connectivity index (χ4n) is 1.48. The van der Waals surface area contributed by atoms with E-state index in [-0.39, 0.29) is 24.8 Å². The summed E-state index contributed by atoms with van der Waals surface area (Å²) in [6.07, 6.45) is 3.49. The van der Waals surface area contributed by atoms with Crippen molar-refractivity contribution in [2.75, 3.05) is 6.54 Å². The van der Waals surface area contributed by atoms with Crippen LogP contribution in [0.4, 0.5) is 0 Å². The topological polar surface area (TPSA) is 55.3 Å². The molecular formula is C11H20Cl2N2. The van der Waals surface area contributed by atoms with E-state index >= 15 is 0 Å². The highest BCUT2D eigenvalue weighted by Crippen LogP contribution is 2.03. The van der Waals surface area contributed by atoms with Crippen LogP contribution in [-0.2, 0) is 6.42 Å². The second kappa shape index (κ2) is 10.2. The van der Waals surface area contributed by atoms with Gasteiger partial charge in [-0.2, -0.15) is 0 Å². The Morgan fingerprint density at radius 1 is 1.07 bits per heavy atom. The van der Waals surface area contributed by atoms with Gasteiger partial charge in [0.25, 0.3) is 0 Å². The van der Waals surface area contributed by atoms with Gasteiger partial charge in [-0.1, -0.05) is 30.3 Å². The minimum Gasteiger partial charge on any atom is -1.00 e. The van der Waals surface area contributed by atoms with Crippen LogP contribution in [-0.4, -0.2) is 12.6 Å². The van der Waals surface area contributed by atoms with Crippen molar-refractivity contribution < 1.29 is 36.3 Å². The van der Waals surface area contributed by atoms with Gasteiger partial charge < -0.3 is 36.3 Å². The van der Waals surface area contributed by atoms with Crippen LogP contribution < -0.4 is 36.3 Å². The summed E-state index contributed by atoms with van der Waals surface area (Å²) >= 11 is 0. The van der Waals surface area contributed by atoms with Crippen molar-refractivity contribution in [1.82, 2.24) is 0 Å². The van der Waals surface area contributed by atoms with E-state index in [0.717, 1.165) is 13.0 Å². The normalized spacial score (nSPS) is 11.1. The van der Waals surface area contributed by atoms with E-state index in [1.807, 2.05) is 0 Å². The first-order valence-electron chi connectivity index (χ1n) is 4.99. The third-order valence-electron chi connectivity index (χ3n) is 2.23. The van der Waals surface area contributed by atoms with Gasteiger partial charge in [-0.15, -0.1) is 0 Å². The molecule has 1 aromatic carbocycles. The number of hydrogen-bond acceptors (Lipinski definition) is 0. The molecule has 2 nitrogen and oxygen atoms in total. The summed E-state index contributed by atoms with van der Waals surface area (Å²) in [5.74, 6) is 0. The number of rotatable bonds is 5. The summed E-state index contributed by atoms with van der Waals surface area (Å²) in [5, 5.41) is 0. The lowest BCUT2D eigenvalue weighted by Crippen LogP contribution is -3.00. The molecule has 0 aliphatic heterocycles. The lowest BCUT2D eigenvalue weighted by molar-refractivity contribution is -0.425. The third-order valence-corrected chi connectivity index (χ3v) is 2.23. The highest BCUT2D eigenvalue weighted by molar-refractivity contribution is 5.15. The fraction of sp³-hybridized carbons (Fsp3) is 0.455. The molecule has 0 bridgehead atoms. The van der Waals surface area contributed by atoms with E-state index in [2.05, 4.69) is 41.8 Å². The summed E-state index contributed by atoms with van der Waals surface area (Å²) < 4.78 is 0. The average molecular weight is 251 g/mol. The summed E-state index contributed by atoms with van der Waals surface area (Å²) in [6.45, 7) is 1.03. The smallest absolute Gasteiger partial charge is 0.0886 e. The molecule has 1 aromatic rings. The van der Waals surface area contributed by atoms with Gasteiger partial charge in [0.1, 0.15) is 0 Å². The van der Waals surface area contributed by atoms with Gasteiger partial charge in [-0.3, -0.25) is 0 Å². The van der Waals surface area contributed by atoms with Gasteiger partial charge in [0, 0.05) is 19.3 Å². The van der Waals surface area contributed by atoms with Crippen molar-refractivity contribution in [3.8, 4) is 0 Å². The standard InChI is InChI=1S/C11H18N2.2ClH/c12-8-4-7-11(13)9-10-5-2-1-3-6-10;;/h1-3,5-6,11H,4,7-9,12-13H2;2*1H. The molecule has 1 rings (SSSR count). The SMILES string of the molecule is [Cl-].[Cl-].[NH3+]CCCC([NH3+])Cc1ccccc1. The van der Waals surface area contributed by atoms with E-state index in [0.29, 0.717) is 6.04 Å². The first-order chi connectivity index (χ1) is 6.33. The van der Waals surface area contributed by atoms with E-state index in [1.54, 1.807) is 0 Å². The Morgan fingerprint density at radius 3 is 2.20 bits per heavy atom. The van der Waals surface area contributed by atoms with Gasteiger partial charge in [0.15, 0.2) is 0 Å². The van der Waals surface area contributed by atoms with Crippen LogP contribution >= 0.6 is 0 Å². The lowest BCUT2D eigenvalue weighted by Gasteiger charge is -2.06. The van der Waals surface area contributed by atoms with Crippen LogP contribution in [0.15, 0.2) is 30.3 Å². The first kappa shape index (κ1) is 17.1. The molecule has 0 heterocycles. The van der Waals surface area contributed by atoms with Gasteiger partial charge in [-0.25, -0.2) is 0 Å². The van der Waals surface area contributed by atoms with Crippen LogP contribution in [0.3, 0.4) is 0 Å². The predicted molar refractivity (Wildman–Crippen MR) is 53.8 cm³/mol. The third kappa shape index (κ3) is 7.63. The molecule has 6 N–H and O–H groups in total. The molecule has 1 atom stereocenters. The van der Waals surface area contributed by atoms with Crippen LogP contribution in [0.2, 0.25) is 0 Å². The molecule has 0 amide bonds. The van der Waals surface area contributed by atoms with E-state index in [4.69, 9.17) is 0 Å². The molecule has 0 aliphatic carbocycles. The van der Waals surface area contributed by atoms with Crippen molar-refractivity contribution in [3.63, 3.8) is 0 Å². The molecule has 88 valence electrons. The minimum absolute atomic E-state index is 0. The summed E-state index contributed by atoms with van der Waals surface area (Å²) in [5.41, 5.74) is 9.37. The molecule has 0 fully saturated rings. The van der Waals surface area contributed by atoms with Crippen LogP contribution in [0, 0.1) is 0 Å². The second-order valence-electron chi connectivity index (χ2n) is 3.55. The second-order valence-corrected chi connectivity index (χ2v) is 3.55. The molecule has 1 unspecified atom stereocenters. The van der Waals surface area contributed by atoms with Gasteiger partial charge in [0.05, 0.1) is 12.6 Å².